The summed E-state index contributed by atoms with van der Waals surface area (Å²) in [6.45, 7) is 1.50. The summed E-state index contributed by atoms with van der Waals surface area (Å²) < 4.78 is 5.30. The van der Waals surface area contributed by atoms with E-state index in [2.05, 4.69) is 55.0 Å². The van der Waals surface area contributed by atoms with Gasteiger partial charge in [0.1, 0.15) is 0 Å². The predicted octanol–water partition coefficient (Wildman–Crippen LogP) is 3.94. The Labute approximate surface area is 108 Å². The van der Waals surface area contributed by atoms with Gasteiger partial charge in [-0.05, 0) is 29.0 Å². The van der Waals surface area contributed by atoms with Crippen molar-refractivity contribution in [3.63, 3.8) is 0 Å². The summed E-state index contributed by atoms with van der Waals surface area (Å²) in [7, 11) is 0. The number of hydrogen-bond acceptors (Lipinski definition) is 1. The van der Waals surface area contributed by atoms with Crippen LogP contribution in [0, 0.1) is 6.42 Å². The predicted molar refractivity (Wildman–Crippen MR) is 73.3 cm³/mol. The summed E-state index contributed by atoms with van der Waals surface area (Å²) in [5, 5.41) is 0. The fraction of sp³-hybridized carbons (Fsp3) is 0.235. The maximum atomic E-state index is 5.30. The zero-order valence-corrected chi connectivity index (χ0v) is 10.3. The van der Waals surface area contributed by atoms with E-state index in [0.29, 0.717) is 12.5 Å². The lowest BCUT2D eigenvalue weighted by Crippen LogP contribution is -2.14. The normalized spacial score (nSPS) is 16.7. The van der Waals surface area contributed by atoms with Crippen molar-refractivity contribution in [3.8, 4) is 11.1 Å². The zero-order valence-electron chi connectivity index (χ0n) is 10.3. The number of benzene rings is 2. The summed E-state index contributed by atoms with van der Waals surface area (Å²) in [5.41, 5.74) is 3.88. The Morgan fingerprint density at radius 1 is 0.889 bits per heavy atom. The van der Waals surface area contributed by atoms with Crippen LogP contribution >= 0.6 is 0 Å². The van der Waals surface area contributed by atoms with Crippen LogP contribution in [0.3, 0.4) is 0 Å². The quantitative estimate of drug-likeness (QED) is 0.767. The summed E-state index contributed by atoms with van der Waals surface area (Å²) in [5.74, 6) is 0.434. The van der Waals surface area contributed by atoms with Gasteiger partial charge in [-0.1, -0.05) is 54.6 Å². The van der Waals surface area contributed by atoms with Crippen molar-refractivity contribution >= 4 is 0 Å². The SMILES string of the molecule is [C]1COCCC1c1ccc(-c2ccccc2)cc1. The molecule has 2 aromatic rings. The van der Waals surface area contributed by atoms with Crippen LogP contribution < -0.4 is 0 Å². The van der Waals surface area contributed by atoms with Crippen molar-refractivity contribution in [3.05, 3.63) is 66.6 Å². The van der Waals surface area contributed by atoms with Crippen LogP contribution in [0.25, 0.3) is 11.1 Å². The van der Waals surface area contributed by atoms with E-state index in [-0.39, 0.29) is 0 Å². The highest BCUT2D eigenvalue weighted by Gasteiger charge is 2.16. The first-order valence-electron chi connectivity index (χ1n) is 6.40. The van der Waals surface area contributed by atoms with Crippen LogP contribution in [0.15, 0.2) is 54.6 Å². The Bertz CT molecular complexity index is 481. The van der Waals surface area contributed by atoms with Gasteiger partial charge in [0.15, 0.2) is 0 Å². The molecule has 1 heterocycles. The van der Waals surface area contributed by atoms with E-state index in [1.165, 1.54) is 16.7 Å². The molecule has 1 aliphatic heterocycles. The highest BCUT2D eigenvalue weighted by Crippen LogP contribution is 2.28. The molecule has 2 aromatic carbocycles. The minimum Gasteiger partial charge on any atom is -0.381 e. The summed E-state index contributed by atoms with van der Waals surface area (Å²) in [4.78, 5) is 0. The maximum Gasteiger partial charge on any atom is 0.0541 e. The third-order valence-corrected chi connectivity index (χ3v) is 3.40. The van der Waals surface area contributed by atoms with Crippen LogP contribution in [0.5, 0.6) is 0 Å². The fourth-order valence-electron chi connectivity index (χ4n) is 2.36. The van der Waals surface area contributed by atoms with E-state index in [9.17, 15) is 0 Å². The third kappa shape index (κ3) is 2.46. The zero-order chi connectivity index (χ0) is 12.2. The number of rotatable bonds is 2. The second-order valence-electron chi connectivity index (χ2n) is 4.59. The molecule has 0 N–H and O–H groups in total. The van der Waals surface area contributed by atoms with Crippen molar-refractivity contribution < 1.29 is 4.74 Å². The highest BCUT2D eigenvalue weighted by atomic mass is 16.5. The van der Waals surface area contributed by atoms with Crippen molar-refractivity contribution in [1.29, 1.82) is 0 Å². The Hall–Kier alpha value is -1.60. The molecule has 0 spiro atoms. The molecular weight excluding hydrogens is 220 g/mol. The molecule has 1 unspecified atom stereocenters. The molecule has 0 amide bonds. The van der Waals surface area contributed by atoms with Gasteiger partial charge in [-0.25, -0.2) is 0 Å². The minimum atomic E-state index is 0.434. The molecule has 1 atom stereocenters. The van der Waals surface area contributed by atoms with E-state index < -0.39 is 0 Å². The first kappa shape index (κ1) is 11.5. The van der Waals surface area contributed by atoms with E-state index in [4.69, 9.17) is 4.74 Å². The standard InChI is InChI=1S/C17H16O/c1-2-4-14(5-3-1)15-6-8-16(9-7-15)17-10-12-18-13-11-17/h1-9,17H,10,12-13H2. The first-order chi connectivity index (χ1) is 8.93. The fourth-order valence-corrected chi connectivity index (χ4v) is 2.36. The van der Waals surface area contributed by atoms with Crippen LogP contribution in [0.4, 0.5) is 0 Å². The molecule has 0 bridgehead atoms. The van der Waals surface area contributed by atoms with Gasteiger partial charge in [0.05, 0.1) is 6.61 Å². The van der Waals surface area contributed by atoms with Gasteiger partial charge in [0.2, 0.25) is 0 Å². The van der Waals surface area contributed by atoms with Crippen molar-refractivity contribution in [2.24, 2.45) is 0 Å². The monoisotopic (exact) mass is 236 g/mol. The van der Waals surface area contributed by atoms with Crippen LogP contribution in [-0.2, 0) is 4.74 Å². The van der Waals surface area contributed by atoms with Gasteiger partial charge in [-0.3, -0.25) is 0 Å². The van der Waals surface area contributed by atoms with Crippen LogP contribution in [-0.4, -0.2) is 13.2 Å². The topological polar surface area (TPSA) is 9.23 Å². The van der Waals surface area contributed by atoms with Gasteiger partial charge in [-0.15, -0.1) is 0 Å². The molecule has 1 saturated heterocycles. The Morgan fingerprint density at radius 2 is 1.61 bits per heavy atom. The average Bonchev–Trinajstić information content (AvgIpc) is 2.49. The van der Waals surface area contributed by atoms with Crippen molar-refractivity contribution in [2.75, 3.05) is 13.2 Å². The lowest BCUT2D eigenvalue weighted by atomic mass is 9.90. The van der Waals surface area contributed by atoms with Gasteiger partial charge >= 0.3 is 0 Å². The van der Waals surface area contributed by atoms with Crippen molar-refractivity contribution in [1.82, 2.24) is 0 Å². The molecular formula is C17H16O. The molecule has 0 aromatic heterocycles. The minimum absolute atomic E-state index is 0.434. The Balaban J connectivity index is 1.80. The van der Waals surface area contributed by atoms with Gasteiger partial charge in [-0.2, -0.15) is 0 Å². The first-order valence-corrected chi connectivity index (χ1v) is 6.40. The van der Waals surface area contributed by atoms with E-state index in [0.717, 1.165) is 13.0 Å². The summed E-state index contributed by atoms with van der Waals surface area (Å²) >= 11 is 0. The second-order valence-corrected chi connectivity index (χ2v) is 4.59. The third-order valence-electron chi connectivity index (χ3n) is 3.40. The Kier molecular flexibility index (Phi) is 3.42. The number of hydrogen-bond donors (Lipinski definition) is 0. The molecule has 90 valence electrons. The summed E-state index contributed by atoms with van der Waals surface area (Å²) in [6, 6.07) is 19.3. The molecule has 18 heavy (non-hydrogen) atoms. The van der Waals surface area contributed by atoms with Gasteiger partial charge in [0.25, 0.3) is 0 Å². The molecule has 1 nitrogen and oxygen atoms in total. The molecule has 1 fully saturated rings. The number of ether oxygens (including phenoxy) is 1. The van der Waals surface area contributed by atoms with E-state index in [1.54, 1.807) is 0 Å². The second kappa shape index (κ2) is 5.36. The van der Waals surface area contributed by atoms with Gasteiger partial charge in [0, 0.05) is 13.0 Å². The Morgan fingerprint density at radius 3 is 2.28 bits per heavy atom. The summed E-state index contributed by atoms with van der Waals surface area (Å²) in [6.07, 6.45) is 4.42. The molecule has 0 aliphatic carbocycles. The van der Waals surface area contributed by atoms with Crippen LogP contribution in [0.1, 0.15) is 17.9 Å². The smallest absolute Gasteiger partial charge is 0.0541 e. The maximum absolute atomic E-state index is 5.30. The highest BCUT2D eigenvalue weighted by molar-refractivity contribution is 5.63. The largest absolute Gasteiger partial charge is 0.381 e. The van der Waals surface area contributed by atoms with Crippen LogP contribution in [0.2, 0.25) is 0 Å². The van der Waals surface area contributed by atoms with Gasteiger partial charge < -0.3 is 4.74 Å². The van der Waals surface area contributed by atoms with Crippen molar-refractivity contribution in [2.45, 2.75) is 12.3 Å². The lowest BCUT2D eigenvalue weighted by molar-refractivity contribution is 0.118. The molecule has 2 radical (unpaired) electrons. The average molecular weight is 236 g/mol. The molecule has 3 rings (SSSR count). The molecule has 0 saturated carbocycles. The van der Waals surface area contributed by atoms with E-state index in [1.807, 2.05) is 6.07 Å². The molecule has 1 aliphatic rings. The lowest BCUT2D eigenvalue weighted by Gasteiger charge is -2.21. The van der Waals surface area contributed by atoms with E-state index >= 15 is 0 Å². The molecule has 1 heteroatoms.